The van der Waals surface area contributed by atoms with E-state index >= 15 is 0 Å². The molecule has 0 amide bonds. The maximum Gasteiger partial charge on any atom is 0.317 e. The van der Waals surface area contributed by atoms with Gasteiger partial charge in [0.15, 0.2) is 0 Å². The van der Waals surface area contributed by atoms with Gasteiger partial charge in [-0.3, -0.25) is 14.5 Å². The van der Waals surface area contributed by atoms with E-state index in [2.05, 4.69) is 25.4 Å². The predicted molar refractivity (Wildman–Crippen MR) is 136 cm³/mol. The Kier molecular flexibility index (Phi) is 7.26. The van der Waals surface area contributed by atoms with Gasteiger partial charge in [-0.15, -0.1) is 0 Å². The number of H-pyrrole nitrogens is 1. The lowest BCUT2D eigenvalue weighted by Crippen LogP contribution is -2.40. The molecule has 0 radical (unpaired) electrons. The van der Waals surface area contributed by atoms with Crippen molar-refractivity contribution >= 4 is 34.3 Å². The molecule has 0 saturated carbocycles. The number of aromatic amines is 1. The third kappa shape index (κ3) is 5.73. The highest BCUT2D eigenvalue weighted by molar-refractivity contribution is 5.90. The molecular weight excluding hydrogens is 462 g/mol. The molecule has 1 aromatic carbocycles. The Labute approximate surface area is 208 Å². The number of benzene rings is 1. The van der Waals surface area contributed by atoms with Gasteiger partial charge in [0.1, 0.15) is 28.6 Å². The fraction of sp³-hybridized carbons (Fsp3) is 0.480. The molecule has 2 aromatic heterocycles. The number of carboxylic acid groups (broad SMARTS) is 1. The number of hydrogen-bond donors (Lipinski definition) is 3. The summed E-state index contributed by atoms with van der Waals surface area (Å²) in [5.74, 6) is 0.999. The van der Waals surface area contributed by atoms with Gasteiger partial charge in [-0.2, -0.15) is 10.1 Å². The lowest BCUT2D eigenvalue weighted by atomic mass is 10.1. The lowest BCUT2D eigenvalue weighted by Gasteiger charge is -2.31. The highest BCUT2D eigenvalue weighted by Crippen LogP contribution is 2.27. The normalized spacial score (nSPS) is 17.6. The molecule has 190 valence electrons. The van der Waals surface area contributed by atoms with Gasteiger partial charge in [0.2, 0.25) is 5.95 Å². The fourth-order valence-electron chi connectivity index (χ4n) is 4.82. The van der Waals surface area contributed by atoms with Crippen molar-refractivity contribution < 1.29 is 14.6 Å². The lowest BCUT2D eigenvalue weighted by molar-refractivity contribution is -0.138. The maximum atomic E-state index is 12.6. The van der Waals surface area contributed by atoms with Gasteiger partial charge in [0, 0.05) is 31.9 Å². The number of rotatable bonds is 7. The Morgan fingerprint density at radius 2 is 1.78 bits per heavy atom. The molecule has 2 fully saturated rings. The molecule has 36 heavy (non-hydrogen) atoms. The van der Waals surface area contributed by atoms with Crippen molar-refractivity contribution in [3.8, 4) is 5.75 Å². The Morgan fingerprint density at radius 1 is 1.06 bits per heavy atom. The van der Waals surface area contributed by atoms with Crippen molar-refractivity contribution in [3.63, 3.8) is 0 Å². The molecule has 11 nitrogen and oxygen atoms in total. The van der Waals surface area contributed by atoms with Gasteiger partial charge in [0.25, 0.3) is 5.56 Å². The summed E-state index contributed by atoms with van der Waals surface area (Å²) < 4.78 is 6.12. The molecule has 3 aromatic rings. The van der Waals surface area contributed by atoms with Crippen molar-refractivity contribution in [1.29, 1.82) is 0 Å². The number of carbonyl (C=O) groups is 1. The second kappa shape index (κ2) is 10.9. The van der Waals surface area contributed by atoms with Crippen molar-refractivity contribution in [2.24, 2.45) is 0 Å². The molecule has 0 bridgehead atoms. The van der Waals surface area contributed by atoms with Crippen LogP contribution in [-0.4, -0.2) is 75.0 Å². The first-order chi connectivity index (χ1) is 17.5. The Morgan fingerprint density at radius 3 is 2.47 bits per heavy atom. The minimum Gasteiger partial charge on any atom is -0.490 e. The molecule has 0 aliphatic carbocycles. The van der Waals surface area contributed by atoms with Crippen LogP contribution in [0.15, 0.2) is 35.3 Å². The van der Waals surface area contributed by atoms with E-state index in [0.29, 0.717) is 35.8 Å². The number of carboxylic acids is 1. The summed E-state index contributed by atoms with van der Waals surface area (Å²) in [7, 11) is 0. The van der Waals surface area contributed by atoms with Crippen LogP contribution in [0.4, 0.5) is 17.5 Å². The molecule has 3 N–H and O–H groups in total. The van der Waals surface area contributed by atoms with Gasteiger partial charge in [-0.1, -0.05) is 12.8 Å². The average molecular weight is 494 g/mol. The van der Waals surface area contributed by atoms with E-state index in [-0.39, 0.29) is 18.2 Å². The van der Waals surface area contributed by atoms with Crippen molar-refractivity contribution in [3.05, 3.63) is 40.8 Å². The molecule has 11 heteroatoms. The minimum absolute atomic E-state index is 0.0573. The van der Waals surface area contributed by atoms with Crippen LogP contribution in [0.1, 0.15) is 38.5 Å². The van der Waals surface area contributed by atoms with Crippen LogP contribution < -0.4 is 20.5 Å². The summed E-state index contributed by atoms with van der Waals surface area (Å²) in [4.78, 5) is 37.0. The van der Waals surface area contributed by atoms with Crippen molar-refractivity contribution in [2.75, 3.05) is 42.9 Å². The number of aromatic nitrogens is 4. The van der Waals surface area contributed by atoms with Gasteiger partial charge in [-0.25, -0.2) is 10.1 Å². The summed E-state index contributed by atoms with van der Waals surface area (Å²) in [6.07, 6.45) is 7.78. The molecule has 0 unspecified atom stereocenters. The zero-order valence-electron chi connectivity index (χ0n) is 20.2. The average Bonchev–Trinajstić information content (AvgIpc) is 3.16. The Balaban J connectivity index is 1.31. The molecule has 0 spiro atoms. The zero-order chi connectivity index (χ0) is 24.9. The molecule has 5 rings (SSSR count). The molecule has 2 saturated heterocycles. The number of likely N-dealkylation sites (tertiary alicyclic amines) is 1. The van der Waals surface area contributed by atoms with Crippen LogP contribution in [0.25, 0.3) is 10.9 Å². The topological polar surface area (TPSA) is 137 Å². The fourth-order valence-corrected chi connectivity index (χ4v) is 4.82. The highest BCUT2D eigenvalue weighted by atomic mass is 16.5. The largest absolute Gasteiger partial charge is 0.490 e. The van der Waals surface area contributed by atoms with Gasteiger partial charge >= 0.3 is 5.97 Å². The monoisotopic (exact) mass is 493 g/mol. The smallest absolute Gasteiger partial charge is 0.317 e. The Bertz CT molecular complexity index is 1250. The first-order valence-electron chi connectivity index (χ1n) is 12.5. The minimum atomic E-state index is -0.800. The molecule has 4 heterocycles. The van der Waals surface area contributed by atoms with Crippen molar-refractivity contribution in [1.82, 2.24) is 25.1 Å². The second-order valence-corrected chi connectivity index (χ2v) is 9.37. The van der Waals surface area contributed by atoms with E-state index in [4.69, 9.17) is 14.8 Å². The number of ether oxygens (including phenoxy) is 1. The first-order valence-corrected chi connectivity index (χ1v) is 12.5. The van der Waals surface area contributed by atoms with E-state index in [0.717, 1.165) is 50.2 Å². The maximum absolute atomic E-state index is 12.6. The summed E-state index contributed by atoms with van der Waals surface area (Å²) >= 11 is 0. The van der Waals surface area contributed by atoms with Crippen LogP contribution in [0.3, 0.4) is 0 Å². The molecule has 2 aliphatic rings. The number of piperidine rings is 1. The molecular formula is C25H31N7O4. The Hall–Kier alpha value is -3.73. The summed E-state index contributed by atoms with van der Waals surface area (Å²) in [6.45, 7) is 3.27. The van der Waals surface area contributed by atoms with Gasteiger partial charge < -0.3 is 20.1 Å². The SMILES string of the molecule is O=C(O)CN1CCC(Oc2ccc(Nc3nc(N4CCCCCC4)nc4cn[nH]c(=O)c34)cc2)CC1. The third-order valence-electron chi connectivity index (χ3n) is 6.71. The molecule has 0 atom stereocenters. The van der Waals surface area contributed by atoms with Gasteiger partial charge in [-0.05, 0) is 49.9 Å². The van der Waals surface area contributed by atoms with E-state index in [9.17, 15) is 9.59 Å². The van der Waals surface area contributed by atoms with Crippen LogP contribution in [-0.2, 0) is 4.79 Å². The number of anilines is 3. The number of aliphatic carboxylic acids is 1. The van der Waals surface area contributed by atoms with E-state index < -0.39 is 5.97 Å². The van der Waals surface area contributed by atoms with E-state index in [1.165, 1.54) is 12.8 Å². The third-order valence-corrected chi connectivity index (χ3v) is 6.71. The summed E-state index contributed by atoms with van der Waals surface area (Å²) in [5, 5.41) is 19.0. The number of hydrogen-bond acceptors (Lipinski definition) is 9. The standard InChI is InChI=1S/C25H31N7O4/c33-21(34)16-31-13-9-19(10-14-31)36-18-7-5-17(6-8-18)27-23-22-20(15-26-30-24(22)35)28-25(29-23)32-11-3-1-2-4-12-32/h5-8,15,19H,1-4,9-14,16H2,(H,30,35)(H,33,34)(H,27,28,29). The van der Waals surface area contributed by atoms with Gasteiger partial charge in [0.05, 0.1) is 12.7 Å². The van der Waals surface area contributed by atoms with Crippen molar-refractivity contribution in [2.45, 2.75) is 44.6 Å². The zero-order valence-corrected chi connectivity index (χ0v) is 20.2. The van der Waals surface area contributed by atoms with Crippen LogP contribution in [0, 0.1) is 0 Å². The summed E-state index contributed by atoms with van der Waals surface area (Å²) in [6, 6.07) is 7.56. The van der Waals surface area contributed by atoms with E-state index in [1.54, 1.807) is 6.20 Å². The highest BCUT2D eigenvalue weighted by Gasteiger charge is 2.22. The number of fused-ring (bicyclic) bond motifs is 1. The van der Waals surface area contributed by atoms with Crippen LogP contribution in [0.5, 0.6) is 5.75 Å². The predicted octanol–water partition coefficient (Wildman–Crippen LogP) is 2.76. The summed E-state index contributed by atoms with van der Waals surface area (Å²) in [5.41, 5.74) is 0.938. The second-order valence-electron chi connectivity index (χ2n) is 9.37. The number of nitrogens with one attached hydrogen (secondary N) is 2. The van der Waals surface area contributed by atoms with Crippen LogP contribution in [0.2, 0.25) is 0 Å². The van der Waals surface area contributed by atoms with Crippen LogP contribution >= 0.6 is 0 Å². The van der Waals surface area contributed by atoms with E-state index in [1.807, 2.05) is 29.2 Å². The number of nitrogens with zero attached hydrogens (tertiary/aromatic N) is 5. The quantitative estimate of drug-likeness (QED) is 0.451. The first kappa shape index (κ1) is 24.0. The molecule has 2 aliphatic heterocycles.